The van der Waals surface area contributed by atoms with Gasteiger partial charge in [0.05, 0.1) is 22.8 Å². The van der Waals surface area contributed by atoms with E-state index in [2.05, 4.69) is 42.2 Å². The van der Waals surface area contributed by atoms with Crippen molar-refractivity contribution in [1.29, 1.82) is 0 Å². The van der Waals surface area contributed by atoms with Crippen LogP contribution in [0.25, 0.3) is 0 Å². The summed E-state index contributed by atoms with van der Waals surface area (Å²) in [5, 5.41) is 3.24. The van der Waals surface area contributed by atoms with Crippen LogP contribution in [-0.4, -0.2) is 18.0 Å². The number of carbonyl (C=O) groups is 1. The van der Waals surface area contributed by atoms with Gasteiger partial charge in [0.25, 0.3) is 5.91 Å². The molecule has 0 aliphatic carbocycles. The van der Waals surface area contributed by atoms with Crippen molar-refractivity contribution in [3.63, 3.8) is 0 Å². The van der Waals surface area contributed by atoms with Gasteiger partial charge in [-0.05, 0) is 56.1 Å². The Hall–Kier alpha value is -1.11. The lowest BCUT2D eigenvalue weighted by atomic mass is 10.2. The minimum absolute atomic E-state index is 0.308. The molecule has 0 atom stereocenters. The van der Waals surface area contributed by atoms with Crippen molar-refractivity contribution < 1.29 is 9.53 Å². The third-order valence-corrected chi connectivity index (χ3v) is 3.90. The van der Waals surface area contributed by atoms with Crippen LogP contribution in [-0.2, 0) is 0 Å². The third kappa shape index (κ3) is 3.31. The van der Waals surface area contributed by atoms with Crippen LogP contribution in [0.4, 0.5) is 5.69 Å². The molecule has 0 radical (unpaired) electrons. The summed E-state index contributed by atoms with van der Waals surface area (Å²) in [6.07, 6.45) is 1.59. The number of nitrogens with zero attached hydrogens (tertiary/aromatic N) is 1. The molecule has 7 heteroatoms. The van der Waals surface area contributed by atoms with E-state index >= 15 is 0 Å². The fourth-order valence-electron chi connectivity index (χ4n) is 1.61. The summed E-state index contributed by atoms with van der Waals surface area (Å²) in [4.78, 5) is 16.2. The average Bonchev–Trinajstić information content (AvgIpc) is 2.38. The molecule has 1 amide bonds. The van der Waals surface area contributed by atoms with E-state index in [-0.39, 0.29) is 5.91 Å². The Balaban J connectivity index is 2.35. The van der Waals surface area contributed by atoms with E-state index in [0.717, 1.165) is 0 Å². The molecule has 0 saturated heterocycles. The molecule has 2 rings (SSSR count). The smallest absolute Gasteiger partial charge is 0.258 e. The molecule has 0 aliphatic rings. The summed E-state index contributed by atoms with van der Waals surface area (Å²) in [5.74, 6) is 0.195. The molecular weight excluding hydrogens is 411 g/mol. The minimum Gasteiger partial charge on any atom is -0.493 e. The van der Waals surface area contributed by atoms with E-state index in [1.165, 1.54) is 7.11 Å². The van der Waals surface area contributed by atoms with Gasteiger partial charge < -0.3 is 10.1 Å². The van der Waals surface area contributed by atoms with Gasteiger partial charge in [0.2, 0.25) is 0 Å². The van der Waals surface area contributed by atoms with Crippen molar-refractivity contribution in [3.8, 4) is 5.75 Å². The average molecular weight is 420 g/mol. The largest absolute Gasteiger partial charge is 0.493 e. The van der Waals surface area contributed by atoms with Gasteiger partial charge in [-0.3, -0.25) is 4.79 Å². The molecule has 0 fully saturated rings. The summed E-state index contributed by atoms with van der Waals surface area (Å²) in [6.45, 7) is 0. The zero-order valence-electron chi connectivity index (χ0n) is 10.3. The molecule has 1 N–H and O–H groups in total. The van der Waals surface area contributed by atoms with Crippen molar-refractivity contribution in [2.24, 2.45) is 0 Å². The molecule has 0 spiro atoms. The van der Waals surface area contributed by atoms with Crippen molar-refractivity contribution in [2.45, 2.75) is 0 Å². The van der Waals surface area contributed by atoms with Crippen molar-refractivity contribution >= 4 is 55.1 Å². The normalized spacial score (nSPS) is 10.2. The fourth-order valence-corrected chi connectivity index (χ4v) is 3.01. The molecule has 1 aromatic carbocycles. The first-order valence-corrected chi connectivity index (χ1v) is 7.44. The van der Waals surface area contributed by atoms with Gasteiger partial charge in [-0.25, -0.2) is 4.98 Å². The van der Waals surface area contributed by atoms with Crippen LogP contribution in [0.3, 0.4) is 0 Å². The fraction of sp³-hybridized carbons (Fsp3) is 0.0769. The molecule has 1 aromatic heterocycles. The summed E-state index contributed by atoms with van der Waals surface area (Å²) >= 11 is 12.6. The molecule has 0 bridgehead atoms. The van der Waals surface area contributed by atoms with Crippen LogP contribution in [0.2, 0.25) is 5.02 Å². The number of ether oxygens (including phenoxy) is 1. The van der Waals surface area contributed by atoms with Crippen LogP contribution < -0.4 is 10.1 Å². The Morgan fingerprint density at radius 1 is 1.40 bits per heavy atom. The molecule has 4 nitrogen and oxygen atoms in total. The number of rotatable bonds is 3. The number of amides is 1. The number of methoxy groups -OCH3 is 1. The maximum atomic E-state index is 12.2. The van der Waals surface area contributed by atoms with Gasteiger partial charge in [0, 0.05) is 11.2 Å². The van der Waals surface area contributed by atoms with Crippen LogP contribution in [0.5, 0.6) is 5.75 Å². The van der Waals surface area contributed by atoms with Gasteiger partial charge >= 0.3 is 0 Å². The monoisotopic (exact) mass is 418 g/mol. The highest BCUT2D eigenvalue weighted by molar-refractivity contribution is 9.10. The van der Waals surface area contributed by atoms with Crippen LogP contribution in [0.1, 0.15) is 10.4 Å². The zero-order valence-corrected chi connectivity index (χ0v) is 14.2. The summed E-state index contributed by atoms with van der Waals surface area (Å²) in [5.41, 5.74) is 0.901. The highest BCUT2D eigenvalue weighted by Gasteiger charge is 2.15. The topological polar surface area (TPSA) is 51.2 Å². The first-order chi connectivity index (χ1) is 9.52. The Kier molecular flexibility index (Phi) is 5.01. The zero-order chi connectivity index (χ0) is 14.7. The second kappa shape index (κ2) is 6.56. The van der Waals surface area contributed by atoms with E-state index in [0.29, 0.717) is 31.1 Å². The van der Waals surface area contributed by atoms with E-state index in [4.69, 9.17) is 16.3 Å². The standard InChI is InChI=1S/C13H9Br2ClN2O2/c1-20-11-9(14)5-7(16)6-10(11)18-13(19)8-3-2-4-17-12(8)15/h2-6H,1H3,(H,18,19). The first-order valence-electron chi connectivity index (χ1n) is 5.48. The second-order valence-electron chi connectivity index (χ2n) is 3.76. The third-order valence-electron chi connectivity index (χ3n) is 2.46. The van der Waals surface area contributed by atoms with E-state index < -0.39 is 0 Å². The number of anilines is 1. The van der Waals surface area contributed by atoms with Gasteiger partial charge in [-0.15, -0.1) is 0 Å². The molecular formula is C13H9Br2ClN2O2. The van der Waals surface area contributed by atoms with Crippen LogP contribution in [0.15, 0.2) is 39.5 Å². The Morgan fingerprint density at radius 2 is 2.15 bits per heavy atom. The van der Waals surface area contributed by atoms with E-state index in [1.807, 2.05) is 0 Å². The maximum absolute atomic E-state index is 12.2. The highest BCUT2D eigenvalue weighted by Crippen LogP contribution is 2.36. The maximum Gasteiger partial charge on any atom is 0.258 e. The van der Waals surface area contributed by atoms with E-state index in [1.54, 1.807) is 30.5 Å². The van der Waals surface area contributed by atoms with Crippen LogP contribution in [0, 0.1) is 0 Å². The lowest BCUT2D eigenvalue weighted by Gasteiger charge is -2.12. The van der Waals surface area contributed by atoms with Crippen LogP contribution >= 0.6 is 43.5 Å². The Morgan fingerprint density at radius 3 is 2.80 bits per heavy atom. The van der Waals surface area contributed by atoms with Crippen molar-refractivity contribution in [3.05, 3.63) is 50.1 Å². The number of pyridine rings is 1. The first kappa shape index (κ1) is 15.3. The second-order valence-corrected chi connectivity index (χ2v) is 5.81. The number of carbonyl (C=O) groups excluding carboxylic acids is 1. The number of nitrogens with one attached hydrogen (secondary N) is 1. The summed E-state index contributed by atoms with van der Waals surface area (Å²) in [7, 11) is 1.52. The number of hydrogen-bond donors (Lipinski definition) is 1. The minimum atomic E-state index is -0.308. The van der Waals surface area contributed by atoms with E-state index in [9.17, 15) is 4.79 Å². The van der Waals surface area contributed by atoms with Gasteiger partial charge in [-0.2, -0.15) is 0 Å². The molecule has 1 heterocycles. The Bertz CT molecular complexity index is 665. The molecule has 104 valence electrons. The lowest BCUT2D eigenvalue weighted by molar-refractivity contribution is 0.102. The summed E-state index contributed by atoms with van der Waals surface area (Å²) < 4.78 is 6.38. The number of aromatic nitrogens is 1. The predicted molar refractivity (Wildman–Crippen MR) is 85.6 cm³/mol. The van der Waals surface area contributed by atoms with Gasteiger partial charge in [0.15, 0.2) is 5.75 Å². The van der Waals surface area contributed by atoms with Gasteiger partial charge in [0.1, 0.15) is 4.60 Å². The summed E-state index contributed by atoms with van der Waals surface area (Å²) in [6, 6.07) is 6.66. The number of benzene rings is 1. The molecule has 0 aliphatic heterocycles. The highest BCUT2D eigenvalue weighted by atomic mass is 79.9. The van der Waals surface area contributed by atoms with Gasteiger partial charge in [-0.1, -0.05) is 11.6 Å². The molecule has 20 heavy (non-hydrogen) atoms. The van der Waals surface area contributed by atoms with Crippen molar-refractivity contribution in [1.82, 2.24) is 4.98 Å². The Labute approximate surface area is 137 Å². The predicted octanol–water partition coefficient (Wildman–Crippen LogP) is 4.52. The molecule has 2 aromatic rings. The SMILES string of the molecule is COc1c(Br)cc(Cl)cc1NC(=O)c1cccnc1Br. The number of hydrogen-bond acceptors (Lipinski definition) is 3. The quantitative estimate of drug-likeness (QED) is 0.743. The molecule has 0 unspecified atom stereocenters. The van der Waals surface area contributed by atoms with Crippen molar-refractivity contribution in [2.75, 3.05) is 12.4 Å². The number of halogens is 3. The molecule has 0 saturated carbocycles. The lowest BCUT2D eigenvalue weighted by Crippen LogP contribution is -2.14.